The number of carbonyl (C=O) groups is 1. The van der Waals surface area contributed by atoms with Crippen molar-refractivity contribution in [3.05, 3.63) is 50.4 Å². The average molecular weight is 490 g/mol. The molecule has 1 amide bonds. The van der Waals surface area contributed by atoms with Crippen molar-refractivity contribution in [2.24, 2.45) is 0 Å². The van der Waals surface area contributed by atoms with Crippen LogP contribution in [0.15, 0.2) is 23.0 Å². The van der Waals surface area contributed by atoms with Crippen molar-refractivity contribution >= 4 is 39.2 Å². The van der Waals surface area contributed by atoms with Gasteiger partial charge in [-0.05, 0) is 64.8 Å². The lowest BCUT2D eigenvalue weighted by molar-refractivity contribution is -0.120. The largest absolute Gasteiger partial charge is 0.490 e. The molecule has 7 nitrogen and oxygen atoms in total. The fourth-order valence-corrected chi connectivity index (χ4v) is 5.21. The van der Waals surface area contributed by atoms with Gasteiger partial charge in [-0.1, -0.05) is 6.07 Å². The van der Waals surface area contributed by atoms with E-state index in [9.17, 15) is 9.59 Å². The molecule has 3 rings (SSSR count). The number of thioether (sulfide) groups is 1. The Labute approximate surface area is 202 Å². The second-order valence-corrected chi connectivity index (χ2v) is 10.3. The fourth-order valence-electron chi connectivity index (χ4n) is 3.40. The molecule has 0 aliphatic heterocycles. The summed E-state index contributed by atoms with van der Waals surface area (Å²) >= 11 is 2.96. The summed E-state index contributed by atoms with van der Waals surface area (Å²) in [5.41, 5.74) is 1.79. The summed E-state index contributed by atoms with van der Waals surface area (Å²) in [6.07, 6.45) is 0. The average Bonchev–Trinajstić information content (AvgIpc) is 3.07. The van der Waals surface area contributed by atoms with Gasteiger partial charge in [-0.3, -0.25) is 9.59 Å². The Morgan fingerprint density at radius 3 is 2.58 bits per heavy atom. The van der Waals surface area contributed by atoms with Crippen molar-refractivity contribution in [2.75, 3.05) is 13.2 Å². The van der Waals surface area contributed by atoms with Gasteiger partial charge >= 0.3 is 0 Å². The number of hydrogen-bond acceptors (Lipinski definition) is 7. The molecule has 0 fully saturated rings. The lowest BCUT2D eigenvalue weighted by Crippen LogP contribution is -2.33. The third-order valence-electron chi connectivity index (χ3n) is 5.35. The number of thiophene rings is 1. The lowest BCUT2D eigenvalue weighted by atomic mass is 10.1. The number of aryl methyl sites for hydroxylation is 2. The van der Waals surface area contributed by atoms with E-state index in [0.717, 1.165) is 20.8 Å². The summed E-state index contributed by atoms with van der Waals surface area (Å²) in [5, 5.41) is 3.41. The van der Waals surface area contributed by atoms with Gasteiger partial charge in [0.2, 0.25) is 5.91 Å². The molecule has 0 aliphatic rings. The molecule has 2 atom stereocenters. The first kappa shape index (κ1) is 25.1. The highest BCUT2D eigenvalue weighted by Crippen LogP contribution is 2.31. The SMILES string of the molecule is CCOc1ccc(C(C)NC(=O)C(C)SCc2nc3sc(C)c(C)c3c(=O)[nH]2)cc1OCC. The van der Waals surface area contributed by atoms with Crippen LogP contribution in [0.2, 0.25) is 0 Å². The number of ether oxygens (including phenoxy) is 2. The minimum atomic E-state index is -0.311. The zero-order valence-electron chi connectivity index (χ0n) is 19.9. The summed E-state index contributed by atoms with van der Waals surface area (Å²) in [7, 11) is 0. The van der Waals surface area contributed by atoms with Gasteiger partial charge in [-0.2, -0.15) is 0 Å². The van der Waals surface area contributed by atoms with Crippen LogP contribution in [-0.4, -0.2) is 34.3 Å². The fraction of sp³-hybridized carbons (Fsp3) is 0.458. The number of H-pyrrole nitrogens is 1. The highest BCUT2D eigenvalue weighted by molar-refractivity contribution is 7.99. The second kappa shape index (κ2) is 11.1. The van der Waals surface area contributed by atoms with Crippen LogP contribution in [0, 0.1) is 13.8 Å². The van der Waals surface area contributed by atoms with Gasteiger partial charge in [0.25, 0.3) is 5.56 Å². The molecule has 33 heavy (non-hydrogen) atoms. The van der Waals surface area contributed by atoms with Crippen molar-refractivity contribution in [3.8, 4) is 11.5 Å². The number of aromatic nitrogens is 2. The number of aromatic amines is 1. The van der Waals surface area contributed by atoms with E-state index in [0.29, 0.717) is 41.7 Å². The molecule has 0 radical (unpaired) electrons. The molecule has 0 saturated heterocycles. The molecule has 2 N–H and O–H groups in total. The molecule has 1 aromatic carbocycles. The first-order valence-corrected chi connectivity index (χ1v) is 12.9. The Bertz CT molecular complexity index is 1190. The number of carbonyl (C=O) groups excluding carboxylic acids is 1. The highest BCUT2D eigenvalue weighted by atomic mass is 32.2. The van der Waals surface area contributed by atoms with Crippen LogP contribution in [-0.2, 0) is 10.5 Å². The first-order valence-electron chi connectivity index (χ1n) is 11.1. The summed E-state index contributed by atoms with van der Waals surface area (Å²) in [5.74, 6) is 2.32. The normalized spacial score (nSPS) is 13.0. The van der Waals surface area contributed by atoms with Gasteiger partial charge in [0.05, 0.1) is 35.6 Å². The van der Waals surface area contributed by atoms with Crippen molar-refractivity contribution in [1.29, 1.82) is 0 Å². The zero-order valence-corrected chi connectivity index (χ0v) is 21.5. The summed E-state index contributed by atoms with van der Waals surface area (Å²) in [6, 6.07) is 5.52. The monoisotopic (exact) mass is 489 g/mol. The smallest absolute Gasteiger partial charge is 0.259 e. The summed E-state index contributed by atoms with van der Waals surface area (Å²) in [4.78, 5) is 34.5. The third-order valence-corrected chi connectivity index (χ3v) is 7.61. The molecule has 2 aromatic heterocycles. The second-order valence-electron chi connectivity index (χ2n) is 7.73. The molecule has 2 heterocycles. The van der Waals surface area contributed by atoms with E-state index >= 15 is 0 Å². The predicted molar refractivity (Wildman–Crippen MR) is 136 cm³/mol. The van der Waals surface area contributed by atoms with E-state index in [1.54, 1.807) is 0 Å². The van der Waals surface area contributed by atoms with Crippen molar-refractivity contribution in [2.45, 2.75) is 58.6 Å². The van der Waals surface area contributed by atoms with Crippen LogP contribution in [0.25, 0.3) is 10.2 Å². The van der Waals surface area contributed by atoms with Crippen LogP contribution >= 0.6 is 23.1 Å². The Morgan fingerprint density at radius 1 is 1.18 bits per heavy atom. The van der Waals surface area contributed by atoms with Crippen LogP contribution in [0.3, 0.4) is 0 Å². The quantitative estimate of drug-likeness (QED) is 0.421. The molecule has 0 bridgehead atoms. The Kier molecular flexibility index (Phi) is 8.42. The van der Waals surface area contributed by atoms with Gasteiger partial charge in [0.1, 0.15) is 10.7 Å². The van der Waals surface area contributed by atoms with Gasteiger partial charge in [0.15, 0.2) is 11.5 Å². The molecule has 0 spiro atoms. The van der Waals surface area contributed by atoms with E-state index in [1.165, 1.54) is 23.1 Å². The van der Waals surface area contributed by atoms with Gasteiger partial charge < -0.3 is 19.8 Å². The van der Waals surface area contributed by atoms with Crippen LogP contribution in [0.5, 0.6) is 11.5 Å². The molecule has 0 aliphatic carbocycles. The van der Waals surface area contributed by atoms with Crippen molar-refractivity contribution in [3.63, 3.8) is 0 Å². The molecule has 178 valence electrons. The summed E-state index contributed by atoms with van der Waals surface area (Å²) < 4.78 is 11.3. The maximum atomic E-state index is 12.8. The minimum Gasteiger partial charge on any atom is -0.490 e. The van der Waals surface area contributed by atoms with E-state index in [4.69, 9.17) is 9.47 Å². The van der Waals surface area contributed by atoms with Crippen molar-refractivity contribution < 1.29 is 14.3 Å². The van der Waals surface area contributed by atoms with E-state index in [-0.39, 0.29) is 22.8 Å². The zero-order chi connectivity index (χ0) is 24.1. The molecule has 9 heteroatoms. The van der Waals surface area contributed by atoms with Gasteiger partial charge in [-0.15, -0.1) is 23.1 Å². The molecular formula is C24H31N3O4S2. The van der Waals surface area contributed by atoms with E-state index in [1.807, 2.05) is 59.7 Å². The highest BCUT2D eigenvalue weighted by Gasteiger charge is 2.19. The summed E-state index contributed by atoms with van der Waals surface area (Å²) in [6.45, 7) is 12.7. The Morgan fingerprint density at radius 2 is 1.88 bits per heavy atom. The predicted octanol–water partition coefficient (Wildman–Crippen LogP) is 4.90. The first-order chi connectivity index (χ1) is 15.7. The Balaban J connectivity index is 1.63. The molecule has 0 saturated carbocycles. The molecular weight excluding hydrogens is 458 g/mol. The number of rotatable bonds is 10. The number of hydrogen-bond donors (Lipinski definition) is 2. The van der Waals surface area contributed by atoms with Gasteiger partial charge in [-0.25, -0.2) is 4.98 Å². The van der Waals surface area contributed by atoms with E-state index in [2.05, 4.69) is 15.3 Å². The van der Waals surface area contributed by atoms with Crippen LogP contribution in [0.1, 0.15) is 55.6 Å². The minimum absolute atomic E-state index is 0.0782. The standard InChI is InChI=1S/C24H31N3O4S2/c1-7-30-18-10-9-17(11-19(18)31-8-2)14(4)25-22(28)16(6)32-12-20-26-23(29)21-13(3)15(5)33-24(21)27-20/h9-11,14,16H,7-8,12H2,1-6H3,(H,25,28)(H,26,27,29). The number of amides is 1. The van der Waals surface area contributed by atoms with Crippen LogP contribution < -0.4 is 20.3 Å². The lowest BCUT2D eigenvalue weighted by Gasteiger charge is -2.19. The topological polar surface area (TPSA) is 93.3 Å². The molecule has 2 unspecified atom stereocenters. The number of nitrogens with one attached hydrogen (secondary N) is 2. The Hall–Kier alpha value is -2.52. The number of fused-ring (bicyclic) bond motifs is 1. The molecule has 3 aromatic rings. The number of benzene rings is 1. The maximum absolute atomic E-state index is 12.8. The van der Waals surface area contributed by atoms with E-state index < -0.39 is 0 Å². The third kappa shape index (κ3) is 5.89. The van der Waals surface area contributed by atoms with Crippen molar-refractivity contribution in [1.82, 2.24) is 15.3 Å². The van der Waals surface area contributed by atoms with Gasteiger partial charge in [0, 0.05) is 4.88 Å². The van der Waals surface area contributed by atoms with Crippen LogP contribution in [0.4, 0.5) is 0 Å². The maximum Gasteiger partial charge on any atom is 0.259 e. The number of nitrogens with zero attached hydrogens (tertiary/aromatic N) is 1.